The van der Waals surface area contributed by atoms with Crippen molar-refractivity contribution in [3.05, 3.63) is 41.9 Å². The van der Waals surface area contributed by atoms with Crippen LogP contribution in [0.2, 0.25) is 0 Å². The highest BCUT2D eigenvalue weighted by Crippen LogP contribution is 2.15. The Hall–Kier alpha value is -2.08. The first kappa shape index (κ1) is 12.4. The largest absolute Gasteiger partial charge is 0.454 e. The topological polar surface area (TPSA) is 86.1 Å². The highest BCUT2D eigenvalue weighted by atomic mass is 16.4. The summed E-state index contributed by atoms with van der Waals surface area (Å²) in [5, 5.41) is 0. The number of hydrogen-bond acceptors (Lipinski definition) is 4. The summed E-state index contributed by atoms with van der Waals surface area (Å²) in [7, 11) is 0. The van der Waals surface area contributed by atoms with E-state index in [9.17, 15) is 4.79 Å². The number of carbonyl (C=O) groups excluding carboxylic acids is 1. The van der Waals surface area contributed by atoms with Gasteiger partial charge in [0.1, 0.15) is 11.6 Å². The number of nitrogens with zero attached hydrogens (tertiary/aromatic N) is 2. The van der Waals surface area contributed by atoms with Crippen LogP contribution in [0.25, 0.3) is 0 Å². The van der Waals surface area contributed by atoms with Crippen LogP contribution in [0, 0.1) is 0 Å². The van der Waals surface area contributed by atoms with E-state index in [1.54, 1.807) is 18.3 Å². The van der Waals surface area contributed by atoms with Crippen molar-refractivity contribution in [1.82, 2.24) is 15.0 Å². The molecular formula is C12H16N4O2. The number of imidazole rings is 1. The van der Waals surface area contributed by atoms with Crippen molar-refractivity contribution < 1.29 is 9.21 Å². The second kappa shape index (κ2) is 5.05. The number of rotatable bonds is 4. The smallest absolute Gasteiger partial charge is 0.300 e. The van der Waals surface area contributed by atoms with Crippen LogP contribution in [0.15, 0.2) is 28.9 Å². The first-order chi connectivity index (χ1) is 8.61. The molecule has 6 nitrogen and oxygen atoms in total. The number of furan rings is 1. The van der Waals surface area contributed by atoms with Gasteiger partial charge in [0, 0.05) is 18.3 Å². The van der Waals surface area contributed by atoms with Crippen LogP contribution >= 0.6 is 0 Å². The molecule has 2 aromatic heterocycles. The van der Waals surface area contributed by atoms with Gasteiger partial charge in [-0.05, 0) is 12.1 Å². The first-order valence-electron chi connectivity index (χ1n) is 5.72. The van der Waals surface area contributed by atoms with E-state index in [0.717, 1.165) is 5.82 Å². The van der Waals surface area contributed by atoms with Crippen molar-refractivity contribution in [3.8, 4) is 0 Å². The minimum Gasteiger partial charge on any atom is -0.454 e. The Morgan fingerprint density at radius 2 is 2.33 bits per heavy atom. The van der Waals surface area contributed by atoms with Gasteiger partial charge in [0.15, 0.2) is 5.76 Å². The molecule has 2 heterocycles. The molecule has 0 atom stereocenters. The zero-order valence-electron chi connectivity index (χ0n) is 10.4. The van der Waals surface area contributed by atoms with E-state index in [1.807, 2.05) is 16.2 Å². The summed E-state index contributed by atoms with van der Waals surface area (Å²) in [5.41, 5.74) is 2.03. The van der Waals surface area contributed by atoms with Crippen LogP contribution in [-0.4, -0.2) is 15.5 Å². The normalized spacial score (nSPS) is 10.9. The molecule has 96 valence electrons. The van der Waals surface area contributed by atoms with Crippen LogP contribution in [0.5, 0.6) is 0 Å². The molecule has 0 saturated carbocycles. The van der Waals surface area contributed by atoms with Crippen molar-refractivity contribution in [2.24, 2.45) is 5.84 Å². The number of carbonyl (C=O) groups is 1. The third kappa shape index (κ3) is 2.43. The first-order valence-corrected chi connectivity index (χ1v) is 5.72. The summed E-state index contributed by atoms with van der Waals surface area (Å²) in [6.07, 6.45) is 3.65. The van der Waals surface area contributed by atoms with E-state index < -0.39 is 5.91 Å². The van der Waals surface area contributed by atoms with Crippen LogP contribution < -0.4 is 11.3 Å². The van der Waals surface area contributed by atoms with E-state index in [0.29, 0.717) is 18.2 Å². The van der Waals surface area contributed by atoms with E-state index in [4.69, 9.17) is 10.3 Å². The van der Waals surface area contributed by atoms with Gasteiger partial charge in [0.2, 0.25) is 0 Å². The second-order valence-corrected chi connectivity index (χ2v) is 4.31. The number of amides is 1. The SMILES string of the molecule is CC(C)c1nccn1Cc1ccc(C(=O)NN)o1. The predicted molar refractivity (Wildman–Crippen MR) is 65.8 cm³/mol. The lowest BCUT2D eigenvalue weighted by Gasteiger charge is -2.08. The number of nitrogens with two attached hydrogens (primary N) is 1. The molecule has 2 rings (SSSR count). The Morgan fingerprint density at radius 1 is 1.56 bits per heavy atom. The molecule has 0 aromatic carbocycles. The van der Waals surface area contributed by atoms with E-state index in [2.05, 4.69) is 18.8 Å². The van der Waals surface area contributed by atoms with Gasteiger partial charge in [-0.25, -0.2) is 10.8 Å². The van der Waals surface area contributed by atoms with Crippen LogP contribution in [0.1, 0.15) is 41.9 Å². The summed E-state index contributed by atoms with van der Waals surface area (Å²) >= 11 is 0. The molecule has 0 aliphatic carbocycles. The van der Waals surface area contributed by atoms with Gasteiger partial charge in [-0.15, -0.1) is 0 Å². The van der Waals surface area contributed by atoms with E-state index >= 15 is 0 Å². The van der Waals surface area contributed by atoms with E-state index in [-0.39, 0.29) is 5.76 Å². The summed E-state index contributed by atoms with van der Waals surface area (Å²) < 4.78 is 7.40. The van der Waals surface area contributed by atoms with Gasteiger partial charge >= 0.3 is 5.91 Å². The Morgan fingerprint density at radius 3 is 3.00 bits per heavy atom. The Kier molecular flexibility index (Phi) is 3.47. The van der Waals surface area contributed by atoms with Gasteiger partial charge in [0.25, 0.3) is 0 Å². The monoisotopic (exact) mass is 248 g/mol. The molecule has 2 aromatic rings. The molecule has 0 saturated heterocycles. The zero-order chi connectivity index (χ0) is 13.1. The lowest BCUT2D eigenvalue weighted by molar-refractivity contribution is 0.0924. The number of hydrogen-bond donors (Lipinski definition) is 2. The number of nitrogens with one attached hydrogen (secondary N) is 1. The van der Waals surface area contributed by atoms with E-state index in [1.165, 1.54) is 0 Å². The minimum absolute atomic E-state index is 0.207. The number of aromatic nitrogens is 2. The third-order valence-electron chi connectivity index (χ3n) is 2.61. The molecule has 0 aliphatic heterocycles. The van der Waals surface area contributed by atoms with Crippen molar-refractivity contribution in [2.75, 3.05) is 0 Å². The van der Waals surface area contributed by atoms with Gasteiger partial charge in [0.05, 0.1) is 6.54 Å². The fourth-order valence-corrected chi connectivity index (χ4v) is 1.78. The number of hydrazine groups is 1. The average molecular weight is 248 g/mol. The lowest BCUT2D eigenvalue weighted by atomic mass is 10.2. The number of nitrogen functional groups attached to an aromatic ring is 1. The summed E-state index contributed by atoms with van der Waals surface area (Å²) in [5.74, 6) is 6.82. The predicted octanol–water partition coefficient (Wildman–Crippen LogP) is 1.25. The van der Waals surface area contributed by atoms with Crippen molar-refractivity contribution >= 4 is 5.91 Å². The molecule has 0 fully saturated rings. The van der Waals surface area contributed by atoms with Crippen molar-refractivity contribution in [3.63, 3.8) is 0 Å². The maximum Gasteiger partial charge on any atom is 0.300 e. The molecule has 0 spiro atoms. The summed E-state index contributed by atoms with van der Waals surface area (Å²) in [6.45, 7) is 4.70. The van der Waals surface area contributed by atoms with Crippen LogP contribution in [-0.2, 0) is 6.54 Å². The van der Waals surface area contributed by atoms with Crippen LogP contribution in [0.4, 0.5) is 0 Å². The molecule has 18 heavy (non-hydrogen) atoms. The molecule has 0 radical (unpaired) electrons. The standard InChI is InChI=1S/C12H16N4O2/c1-8(2)11-14-5-6-16(11)7-9-3-4-10(18-9)12(17)15-13/h3-6,8H,7,13H2,1-2H3,(H,15,17). The maximum absolute atomic E-state index is 11.3. The van der Waals surface area contributed by atoms with Crippen LogP contribution in [0.3, 0.4) is 0 Å². The minimum atomic E-state index is -0.434. The molecular weight excluding hydrogens is 232 g/mol. The Bertz CT molecular complexity index is 542. The van der Waals surface area contributed by atoms with Crippen molar-refractivity contribution in [1.29, 1.82) is 0 Å². The molecule has 0 aliphatic rings. The van der Waals surface area contributed by atoms with Gasteiger partial charge in [-0.3, -0.25) is 10.2 Å². The zero-order valence-corrected chi connectivity index (χ0v) is 10.4. The lowest BCUT2D eigenvalue weighted by Crippen LogP contribution is -2.29. The fourth-order valence-electron chi connectivity index (χ4n) is 1.78. The summed E-state index contributed by atoms with van der Waals surface area (Å²) in [4.78, 5) is 15.5. The van der Waals surface area contributed by atoms with Gasteiger partial charge < -0.3 is 8.98 Å². The third-order valence-corrected chi connectivity index (χ3v) is 2.61. The molecule has 0 bridgehead atoms. The Balaban J connectivity index is 2.16. The highest BCUT2D eigenvalue weighted by Gasteiger charge is 2.12. The van der Waals surface area contributed by atoms with Gasteiger partial charge in [-0.2, -0.15) is 0 Å². The van der Waals surface area contributed by atoms with Gasteiger partial charge in [-0.1, -0.05) is 13.8 Å². The molecule has 6 heteroatoms. The second-order valence-electron chi connectivity index (χ2n) is 4.31. The molecule has 1 amide bonds. The quantitative estimate of drug-likeness (QED) is 0.484. The summed E-state index contributed by atoms with van der Waals surface area (Å²) in [6, 6.07) is 3.36. The maximum atomic E-state index is 11.3. The average Bonchev–Trinajstić information content (AvgIpc) is 2.97. The van der Waals surface area contributed by atoms with Crippen molar-refractivity contribution in [2.45, 2.75) is 26.3 Å². The molecule has 0 unspecified atom stereocenters. The Labute approximate surface area is 105 Å². The highest BCUT2D eigenvalue weighted by molar-refractivity contribution is 5.90. The fraction of sp³-hybridized carbons (Fsp3) is 0.333. The molecule has 3 N–H and O–H groups in total.